The van der Waals surface area contributed by atoms with E-state index < -0.39 is 28.7 Å². The van der Waals surface area contributed by atoms with Crippen LogP contribution in [0.15, 0.2) is 35.1 Å². The van der Waals surface area contributed by atoms with E-state index in [1.165, 1.54) is 4.57 Å². The fraction of sp³-hybridized carbons (Fsp3) is 0.429. The Morgan fingerprint density at radius 3 is 2.83 bits per heavy atom. The molecule has 2 N–H and O–H groups in total. The zero-order valence-corrected chi connectivity index (χ0v) is 16.2. The van der Waals surface area contributed by atoms with Gasteiger partial charge in [-0.1, -0.05) is 37.3 Å². The highest BCUT2D eigenvalue weighted by Crippen LogP contribution is 2.45. The molecule has 2 aliphatic rings. The lowest BCUT2D eigenvalue weighted by Crippen LogP contribution is -2.51. The fourth-order valence-electron chi connectivity index (χ4n) is 4.33. The Bertz CT molecular complexity index is 1020. The van der Waals surface area contributed by atoms with E-state index in [9.17, 15) is 19.5 Å². The molecular formula is C21H23N3O5. The Balaban J connectivity index is 1.64. The summed E-state index contributed by atoms with van der Waals surface area (Å²) in [7, 11) is 0. The van der Waals surface area contributed by atoms with E-state index in [0.29, 0.717) is 25.2 Å². The molecule has 2 aromatic rings. The largest absolute Gasteiger partial charge is 0.501 e. The van der Waals surface area contributed by atoms with Crippen molar-refractivity contribution in [2.24, 2.45) is 5.92 Å². The van der Waals surface area contributed by atoms with Crippen molar-refractivity contribution in [3.63, 3.8) is 0 Å². The third-order valence-electron chi connectivity index (χ3n) is 5.77. The van der Waals surface area contributed by atoms with Crippen LogP contribution in [0.25, 0.3) is 0 Å². The fourth-order valence-corrected chi connectivity index (χ4v) is 4.33. The number of alkyl carbamates (subject to hydrolysis) is 1. The van der Waals surface area contributed by atoms with Gasteiger partial charge in [-0.05, 0) is 30.7 Å². The summed E-state index contributed by atoms with van der Waals surface area (Å²) >= 11 is 0. The number of nitrogens with zero attached hydrogens (tertiary/aromatic N) is 2. The highest BCUT2D eigenvalue weighted by Gasteiger charge is 2.49. The maximum Gasteiger partial charge on any atom is 0.408 e. The molecule has 2 bridgehead atoms. The molecule has 2 unspecified atom stereocenters. The lowest BCUT2D eigenvalue weighted by Gasteiger charge is -2.35. The third-order valence-corrected chi connectivity index (χ3v) is 5.77. The van der Waals surface area contributed by atoms with Crippen LogP contribution in [0.3, 0.4) is 0 Å². The summed E-state index contributed by atoms with van der Waals surface area (Å²) in [5.74, 6) is -0.528. The van der Waals surface area contributed by atoms with Gasteiger partial charge in [0.2, 0.25) is 5.75 Å². The van der Waals surface area contributed by atoms with Gasteiger partial charge in [-0.3, -0.25) is 14.2 Å². The van der Waals surface area contributed by atoms with E-state index in [4.69, 9.17) is 4.74 Å². The molecule has 0 radical (unpaired) electrons. The molecule has 4 rings (SSSR count). The zero-order valence-electron chi connectivity index (χ0n) is 16.2. The second kappa shape index (κ2) is 7.35. The predicted molar refractivity (Wildman–Crippen MR) is 104 cm³/mol. The van der Waals surface area contributed by atoms with Crippen molar-refractivity contribution in [3.05, 3.63) is 57.8 Å². The van der Waals surface area contributed by atoms with Crippen LogP contribution in [0.5, 0.6) is 5.75 Å². The first-order valence-electron chi connectivity index (χ1n) is 9.80. The predicted octanol–water partition coefficient (Wildman–Crippen LogP) is 2.48. The summed E-state index contributed by atoms with van der Waals surface area (Å²) < 4.78 is 6.75. The molecule has 2 atom stereocenters. The minimum Gasteiger partial charge on any atom is -0.501 e. The number of carbonyl (C=O) groups excluding carboxylic acids is 2. The molecule has 2 heterocycles. The van der Waals surface area contributed by atoms with Crippen molar-refractivity contribution in [1.29, 1.82) is 0 Å². The second-order valence-electron chi connectivity index (χ2n) is 7.70. The number of amides is 1. The molecule has 1 amide bonds. The quantitative estimate of drug-likeness (QED) is 0.750. The third kappa shape index (κ3) is 3.39. The summed E-state index contributed by atoms with van der Waals surface area (Å²) in [4.78, 5) is 41.8. The van der Waals surface area contributed by atoms with Gasteiger partial charge in [0.15, 0.2) is 11.5 Å². The van der Waals surface area contributed by atoms with Crippen molar-refractivity contribution >= 4 is 11.9 Å². The van der Waals surface area contributed by atoms with Gasteiger partial charge in [0.1, 0.15) is 18.0 Å². The van der Waals surface area contributed by atoms with Crippen molar-refractivity contribution in [3.8, 4) is 5.75 Å². The smallest absolute Gasteiger partial charge is 0.408 e. The number of aromatic hydroxyl groups is 1. The van der Waals surface area contributed by atoms with Gasteiger partial charge in [-0.2, -0.15) is 0 Å². The van der Waals surface area contributed by atoms with Crippen LogP contribution >= 0.6 is 0 Å². The van der Waals surface area contributed by atoms with Gasteiger partial charge in [-0.15, -0.1) is 0 Å². The zero-order chi connectivity index (χ0) is 20.6. The summed E-state index contributed by atoms with van der Waals surface area (Å²) in [5.41, 5.74) is -0.884. The number of rotatable bonds is 5. The minimum absolute atomic E-state index is 0.117. The molecule has 0 saturated heterocycles. The van der Waals surface area contributed by atoms with Crippen LogP contribution in [-0.4, -0.2) is 26.5 Å². The van der Waals surface area contributed by atoms with Gasteiger partial charge >= 0.3 is 6.09 Å². The minimum atomic E-state index is -0.883. The van der Waals surface area contributed by atoms with Gasteiger partial charge in [0.05, 0.1) is 0 Å². The number of ketones is 1. The van der Waals surface area contributed by atoms with Crippen LogP contribution < -0.4 is 10.9 Å². The van der Waals surface area contributed by atoms with E-state index in [2.05, 4.69) is 10.3 Å². The number of fused-ring (bicyclic) bond motifs is 4. The van der Waals surface area contributed by atoms with Crippen LogP contribution in [0.1, 0.15) is 54.5 Å². The van der Waals surface area contributed by atoms with Gasteiger partial charge in [0.25, 0.3) is 5.56 Å². The maximum absolute atomic E-state index is 12.7. The van der Waals surface area contributed by atoms with Crippen LogP contribution in [0.2, 0.25) is 0 Å². The number of aromatic nitrogens is 2. The topological polar surface area (TPSA) is 111 Å². The Morgan fingerprint density at radius 1 is 1.34 bits per heavy atom. The Labute approximate surface area is 167 Å². The van der Waals surface area contributed by atoms with E-state index >= 15 is 0 Å². The molecule has 0 spiro atoms. The van der Waals surface area contributed by atoms with E-state index in [1.807, 2.05) is 30.3 Å². The van der Waals surface area contributed by atoms with Crippen LogP contribution in [0.4, 0.5) is 4.79 Å². The van der Waals surface area contributed by atoms with Crippen LogP contribution in [-0.2, 0) is 23.4 Å². The molecule has 152 valence electrons. The first kappa shape index (κ1) is 19.2. The number of hydrogen-bond donors (Lipinski definition) is 2. The SMILES string of the molecule is CCC(=O)c1nc2n(c(=O)c1O)CC1CCC2(NC(=O)OCc2ccccc2)C1. The molecule has 1 aromatic heterocycles. The highest BCUT2D eigenvalue weighted by molar-refractivity contribution is 5.96. The summed E-state index contributed by atoms with van der Waals surface area (Å²) in [6.45, 7) is 2.18. The Hall–Kier alpha value is -3.16. The number of benzene rings is 1. The number of Topliss-reactive ketones (excluding diaryl/α,β-unsaturated/α-hetero) is 1. The molecule has 1 aliphatic carbocycles. The van der Waals surface area contributed by atoms with Crippen molar-refractivity contribution in [2.45, 2.75) is 51.3 Å². The first-order valence-corrected chi connectivity index (χ1v) is 9.80. The lowest BCUT2D eigenvalue weighted by molar-refractivity contribution is 0.0977. The molecular weight excluding hydrogens is 374 g/mol. The average molecular weight is 397 g/mol. The monoisotopic (exact) mass is 397 g/mol. The molecule has 1 saturated carbocycles. The van der Waals surface area contributed by atoms with Gasteiger partial charge < -0.3 is 15.2 Å². The normalized spacial score (nSPS) is 22.0. The lowest BCUT2D eigenvalue weighted by atomic mass is 9.91. The summed E-state index contributed by atoms with van der Waals surface area (Å²) in [5, 5.41) is 13.1. The number of ether oxygens (including phenoxy) is 1. The molecule has 1 aliphatic heterocycles. The first-order chi connectivity index (χ1) is 13.9. The average Bonchev–Trinajstić information content (AvgIpc) is 3.07. The van der Waals surface area contributed by atoms with E-state index in [1.54, 1.807) is 6.92 Å². The molecule has 8 heteroatoms. The van der Waals surface area contributed by atoms with Gasteiger partial charge in [-0.25, -0.2) is 9.78 Å². The molecule has 29 heavy (non-hydrogen) atoms. The maximum atomic E-state index is 12.7. The van der Waals surface area contributed by atoms with Crippen molar-refractivity contribution in [2.75, 3.05) is 0 Å². The van der Waals surface area contributed by atoms with E-state index in [-0.39, 0.29) is 24.6 Å². The van der Waals surface area contributed by atoms with E-state index in [0.717, 1.165) is 12.0 Å². The standard InChI is InChI=1S/C21H23N3O5/c1-2-15(25)16-17(26)18(27)24-11-14-8-9-21(10-14,19(24)22-16)23-20(28)29-12-13-6-4-3-5-7-13/h3-7,14,26H,2,8-12H2,1H3,(H,23,28). The van der Waals surface area contributed by atoms with Crippen LogP contribution in [0, 0.1) is 5.92 Å². The van der Waals surface area contributed by atoms with Crippen molar-refractivity contribution in [1.82, 2.24) is 14.9 Å². The van der Waals surface area contributed by atoms with Gasteiger partial charge in [0, 0.05) is 13.0 Å². The molecule has 8 nitrogen and oxygen atoms in total. The number of hydrogen-bond acceptors (Lipinski definition) is 6. The Morgan fingerprint density at radius 2 is 2.10 bits per heavy atom. The number of carbonyl (C=O) groups is 2. The molecule has 1 fully saturated rings. The summed E-state index contributed by atoms with van der Waals surface area (Å²) in [6.07, 6.45) is 1.53. The summed E-state index contributed by atoms with van der Waals surface area (Å²) in [6, 6.07) is 9.33. The van der Waals surface area contributed by atoms with Crippen molar-refractivity contribution < 1.29 is 19.4 Å². The second-order valence-corrected chi connectivity index (χ2v) is 7.70. The Kier molecular flexibility index (Phi) is 4.86. The molecule has 1 aromatic carbocycles. The highest BCUT2D eigenvalue weighted by atomic mass is 16.5. The number of nitrogens with one attached hydrogen (secondary N) is 1.